The average Bonchev–Trinajstić information content (AvgIpc) is 3.50. The van der Waals surface area contributed by atoms with Crippen LogP contribution in [0.5, 0.6) is 11.5 Å². The molecular formula is C30H26FN5O2. The number of nitrogens with zero attached hydrogens (tertiary/aromatic N) is 2. The summed E-state index contributed by atoms with van der Waals surface area (Å²) in [5, 5.41) is 19.5. The predicted octanol–water partition coefficient (Wildman–Crippen LogP) is 5.88. The number of para-hydroxylation sites is 2. The highest BCUT2D eigenvalue weighted by Gasteiger charge is 2.19. The molecule has 0 aliphatic heterocycles. The zero-order chi connectivity index (χ0) is 26.2. The Hall–Kier alpha value is -4.69. The molecule has 6 rings (SSSR count). The molecule has 5 N–H and O–H groups in total. The van der Waals surface area contributed by atoms with Crippen LogP contribution in [0.2, 0.25) is 0 Å². The van der Waals surface area contributed by atoms with Crippen LogP contribution in [0, 0.1) is 12.7 Å². The van der Waals surface area contributed by atoms with Crippen LogP contribution in [-0.2, 0) is 6.42 Å². The number of H-pyrrole nitrogens is 2. The molecule has 0 aliphatic carbocycles. The highest BCUT2D eigenvalue weighted by atomic mass is 19.1. The lowest BCUT2D eigenvalue weighted by Gasteiger charge is -2.16. The van der Waals surface area contributed by atoms with E-state index in [4.69, 9.17) is 10.5 Å². The minimum absolute atomic E-state index is 0.0525. The summed E-state index contributed by atoms with van der Waals surface area (Å²) in [5.41, 5.74) is 11.7. The first-order valence-electron chi connectivity index (χ1n) is 12.3. The van der Waals surface area contributed by atoms with Gasteiger partial charge in [-0.3, -0.25) is 10.1 Å². The number of nitrogens with one attached hydrogen (secondary N) is 2. The summed E-state index contributed by atoms with van der Waals surface area (Å²) >= 11 is 0. The first-order valence-corrected chi connectivity index (χ1v) is 12.3. The van der Waals surface area contributed by atoms with Gasteiger partial charge in [0, 0.05) is 57.0 Å². The summed E-state index contributed by atoms with van der Waals surface area (Å²) < 4.78 is 21.4. The summed E-state index contributed by atoms with van der Waals surface area (Å²) in [7, 11) is 0. The molecule has 3 aromatic heterocycles. The standard InChI is InChI=1S/C30H26FN5O2/c1-17-23-12-24(26(31)13-28(23)36-35-17)25-11-20(15-34-30(25)22-7-3-5-9-29(22)37)38-16-19(32)10-18-14-33-27-8-4-2-6-21(18)27/h2-9,11-15,19,33,37H,10,16,32H2,1H3,(H,35,36)/t19-/m1/s1. The van der Waals surface area contributed by atoms with Gasteiger partial charge in [0.05, 0.1) is 17.4 Å². The Labute approximate surface area is 218 Å². The minimum Gasteiger partial charge on any atom is -0.507 e. The monoisotopic (exact) mass is 507 g/mol. The number of fused-ring (bicyclic) bond motifs is 2. The fourth-order valence-corrected chi connectivity index (χ4v) is 4.83. The van der Waals surface area contributed by atoms with E-state index in [9.17, 15) is 5.11 Å². The van der Waals surface area contributed by atoms with Crippen LogP contribution >= 0.6 is 0 Å². The molecule has 0 bridgehead atoms. The Morgan fingerprint density at radius 1 is 1.00 bits per heavy atom. The van der Waals surface area contributed by atoms with Gasteiger partial charge in [0.25, 0.3) is 0 Å². The smallest absolute Gasteiger partial charge is 0.138 e. The fraction of sp³-hybridized carbons (Fsp3) is 0.133. The van der Waals surface area contributed by atoms with Crippen LogP contribution in [0.15, 0.2) is 79.1 Å². The van der Waals surface area contributed by atoms with Crippen molar-refractivity contribution in [3.05, 3.63) is 96.2 Å². The first kappa shape index (κ1) is 23.7. The lowest BCUT2D eigenvalue weighted by atomic mass is 9.96. The number of nitrogens with two attached hydrogens (primary N) is 1. The number of hydrogen-bond donors (Lipinski definition) is 4. The van der Waals surface area contributed by atoms with E-state index in [2.05, 4.69) is 26.2 Å². The quantitative estimate of drug-likeness (QED) is 0.216. The number of aromatic nitrogens is 4. The van der Waals surface area contributed by atoms with Crippen LogP contribution in [0.4, 0.5) is 4.39 Å². The van der Waals surface area contributed by atoms with Gasteiger partial charge < -0.3 is 20.6 Å². The number of halogens is 1. The number of pyridine rings is 1. The second-order valence-corrected chi connectivity index (χ2v) is 9.42. The molecular weight excluding hydrogens is 481 g/mol. The van der Waals surface area contributed by atoms with E-state index < -0.39 is 5.82 Å². The van der Waals surface area contributed by atoms with E-state index in [0.29, 0.717) is 40.1 Å². The number of benzene rings is 3. The third-order valence-corrected chi connectivity index (χ3v) is 6.77. The topological polar surface area (TPSA) is 113 Å². The van der Waals surface area contributed by atoms with Crippen molar-refractivity contribution in [3.63, 3.8) is 0 Å². The van der Waals surface area contributed by atoms with Crippen LogP contribution in [0.3, 0.4) is 0 Å². The van der Waals surface area contributed by atoms with Crippen molar-refractivity contribution in [1.29, 1.82) is 0 Å². The Morgan fingerprint density at radius 3 is 2.68 bits per heavy atom. The van der Waals surface area contributed by atoms with E-state index in [1.165, 1.54) is 6.07 Å². The lowest BCUT2D eigenvalue weighted by molar-refractivity contribution is 0.287. The Bertz CT molecular complexity index is 1770. The van der Waals surface area contributed by atoms with Gasteiger partial charge in [0.2, 0.25) is 0 Å². The van der Waals surface area contributed by atoms with Crippen LogP contribution < -0.4 is 10.5 Å². The van der Waals surface area contributed by atoms with Crippen molar-refractivity contribution in [2.24, 2.45) is 5.73 Å². The first-order chi connectivity index (χ1) is 18.5. The minimum atomic E-state index is -0.448. The van der Waals surface area contributed by atoms with Gasteiger partial charge >= 0.3 is 0 Å². The van der Waals surface area contributed by atoms with E-state index >= 15 is 4.39 Å². The van der Waals surface area contributed by atoms with Gasteiger partial charge in [-0.15, -0.1) is 0 Å². The van der Waals surface area contributed by atoms with Crippen molar-refractivity contribution in [2.45, 2.75) is 19.4 Å². The third kappa shape index (κ3) is 4.35. The zero-order valence-corrected chi connectivity index (χ0v) is 20.7. The molecule has 0 unspecified atom stereocenters. The summed E-state index contributed by atoms with van der Waals surface area (Å²) in [4.78, 5) is 7.86. The molecule has 0 fully saturated rings. The molecule has 6 aromatic rings. The number of rotatable bonds is 7. The molecule has 0 saturated carbocycles. The number of aromatic amines is 2. The van der Waals surface area contributed by atoms with Gasteiger partial charge in [-0.05, 0) is 49.2 Å². The predicted molar refractivity (Wildman–Crippen MR) is 147 cm³/mol. The number of aromatic hydroxyl groups is 1. The fourth-order valence-electron chi connectivity index (χ4n) is 4.83. The highest BCUT2D eigenvalue weighted by molar-refractivity contribution is 5.91. The molecule has 1 atom stereocenters. The largest absolute Gasteiger partial charge is 0.507 e. The molecule has 7 nitrogen and oxygen atoms in total. The highest BCUT2D eigenvalue weighted by Crippen LogP contribution is 2.39. The molecule has 0 spiro atoms. The zero-order valence-electron chi connectivity index (χ0n) is 20.7. The summed E-state index contributed by atoms with van der Waals surface area (Å²) in [5.74, 6) is 0.0595. The van der Waals surface area contributed by atoms with Crippen LogP contribution in [-0.4, -0.2) is 37.9 Å². The molecule has 8 heteroatoms. The maximum absolute atomic E-state index is 15.4. The van der Waals surface area contributed by atoms with Gasteiger partial charge in [-0.25, -0.2) is 4.39 Å². The van der Waals surface area contributed by atoms with Gasteiger partial charge in [-0.1, -0.05) is 30.3 Å². The van der Waals surface area contributed by atoms with E-state index in [0.717, 1.165) is 27.5 Å². The number of ether oxygens (including phenoxy) is 1. The Balaban J connectivity index is 1.33. The molecule has 190 valence electrons. The molecule has 0 aliphatic rings. The second kappa shape index (κ2) is 9.64. The second-order valence-electron chi connectivity index (χ2n) is 9.42. The summed E-state index contributed by atoms with van der Waals surface area (Å²) in [6.07, 6.45) is 4.18. The van der Waals surface area contributed by atoms with Crippen molar-refractivity contribution in [2.75, 3.05) is 6.61 Å². The summed E-state index contributed by atoms with van der Waals surface area (Å²) in [6, 6.07) is 19.6. The van der Waals surface area contributed by atoms with Gasteiger partial charge in [-0.2, -0.15) is 5.10 Å². The van der Waals surface area contributed by atoms with E-state index in [-0.39, 0.29) is 18.4 Å². The van der Waals surface area contributed by atoms with Crippen LogP contribution in [0.1, 0.15) is 11.3 Å². The summed E-state index contributed by atoms with van der Waals surface area (Å²) in [6.45, 7) is 2.13. The molecule has 3 aromatic carbocycles. The van der Waals surface area contributed by atoms with E-state index in [1.54, 1.807) is 42.6 Å². The third-order valence-electron chi connectivity index (χ3n) is 6.77. The Morgan fingerprint density at radius 2 is 1.82 bits per heavy atom. The van der Waals surface area contributed by atoms with Crippen LogP contribution in [0.25, 0.3) is 44.2 Å². The SMILES string of the molecule is Cc1[nH]nc2cc(F)c(-c3cc(OC[C@H](N)Cc4c[nH]c5ccccc45)cnc3-c3ccccc3O)cc12. The van der Waals surface area contributed by atoms with Gasteiger partial charge in [0.15, 0.2) is 0 Å². The number of phenolic OH excluding ortho intramolecular Hbond substituents is 1. The number of phenols is 1. The molecule has 38 heavy (non-hydrogen) atoms. The lowest BCUT2D eigenvalue weighted by Crippen LogP contribution is -2.30. The van der Waals surface area contributed by atoms with Crippen molar-refractivity contribution in [3.8, 4) is 33.9 Å². The molecule has 0 radical (unpaired) electrons. The maximum Gasteiger partial charge on any atom is 0.138 e. The van der Waals surface area contributed by atoms with Crippen molar-refractivity contribution in [1.82, 2.24) is 20.2 Å². The maximum atomic E-state index is 15.4. The van der Waals surface area contributed by atoms with Gasteiger partial charge in [0.1, 0.15) is 23.9 Å². The number of aryl methyl sites for hydroxylation is 1. The molecule has 3 heterocycles. The number of hydrogen-bond acceptors (Lipinski definition) is 5. The van der Waals surface area contributed by atoms with Crippen molar-refractivity contribution >= 4 is 21.8 Å². The average molecular weight is 508 g/mol. The normalized spacial score (nSPS) is 12.3. The molecule has 0 amide bonds. The van der Waals surface area contributed by atoms with E-state index in [1.807, 2.05) is 31.3 Å². The Kier molecular flexibility index (Phi) is 6.01. The molecule has 0 saturated heterocycles. The van der Waals surface area contributed by atoms with Crippen molar-refractivity contribution < 1.29 is 14.2 Å².